The molecule has 3 nitrogen and oxygen atoms in total. The number of rotatable bonds is 18. The SMILES string of the molecule is CCCCC=CCCCCCCCCCCCCC(=O)c1ccc(CO)[nH]1. The van der Waals surface area contributed by atoms with Gasteiger partial charge in [-0.25, -0.2) is 0 Å². The van der Waals surface area contributed by atoms with Crippen molar-refractivity contribution in [3.8, 4) is 0 Å². The Morgan fingerprint density at radius 1 is 0.852 bits per heavy atom. The third-order valence-electron chi connectivity index (χ3n) is 5.13. The van der Waals surface area contributed by atoms with Crippen molar-refractivity contribution in [3.05, 3.63) is 35.7 Å². The van der Waals surface area contributed by atoms with Gasteiger partial charge in [-0.1, -0.05) is 83.3 Å². The largest absolute Gasteiger partial charge is 0.390 e. The molecule has 154 valence electrons. The van der Waals surface area contributed by atoms with E-state index in [2.05, 4.69) is 24.1 Å². The zero-order valence-electron chi connectivity index (χ0n) is 17.5. The zero-order chi connectivity index (χ0) is 19.6. The van der Waals surface area contributed by atoms with Crippen LogP contribution >= 0.6 is 0 Å². The lowest BCUT2D eigenvalue weighted by Crippen LogP contribution is -1.99. The van der Waals surface area contributed by atoms with Crippen molar-refractivity contribution in [3.63, 3.8) is 0 Å². The van der Waals surface area contributed by atoms with Crippen LogP contribution in [0.2, 0.25) is 0 Å². The van der Waals surface area contributed by atoms with E-state index in [-0.39, 0.29) is 12.4 Å². The van der Waals surface area contributed by atoms with Crippen molar-refractivity contribution < 1.29 is 9.90 Å². The minimum atomic E-state index is -0.0383. The molecule has 1 rings (SSSR count). The highest BCUT2D eigenvalue weighted by Crippen LogP contribution is 2.13. The smallest absolute Gasteiger partial charge is 0.179 e. The van der Waals surface area contributed by atoms with Crippen LogP contribution in [0.5, 0.6) is 0 Å². The molecule has 0 bridgehead atoms. The number of ketones is 1. The fourth-order valence-electron chi connectivity index (χ4n) is 3.35. The van der Waals surface area contributed by atoms with Gasteiger partial charge in [0.25, 0.3) is 0 Å². The predicted molar refractivity (Wildman–Crippen MR) is 115 cm³/mol. The lowest BCUT2D eigenvalue weighted by molar-refractivity contribution is 0.0974. The highest BCUT2D eigenvalue weighted by atomic mass is 16.3. The molecule has 1 aromatic heterocycles. The summed E-state index contributed by atoms with van der Waals surface area (Å²) in [4.78, 5) is 15.0. The van der Waals surface area contributed by atoms with E-state index in [4.69, 9.17) is 5.11 Å². The molecule has 0 aliphatic heterocycles. The molecule has 0 aliphatic rings. The normalized spacial score (nSPS) is 11.5. The molecule has 0 unspecified atom stereocenters. The molecule has 1 aromatic rings. The molecule has 0 amide bonds. The van der Waals surface area contributed by atoms with E-state index >= 15 is 0 Å². The quantitative estimate of drug-likeness (QED) is 0.163. The van der Waals surface area contributed by atoms with E-state index < -0.39 is 0 Å². The second kappa shape index (κ2) is 16.8. The van der Waals surface area contributed by atoms with Crippen LogP contribution < -0.4 is 0 Å². The van der Waals surface area contributed by atoms with Gasteiger partial charge in [-0.3, -0.25) is 4.79 Å². The van der Waals surface area contributed by atoms with Gasteiger partial charge in [-0.05, 0) is 37.8 Å². The number of aromatic amines is 1. The number of nitrogens with one attached hydrogen (secondary N) is 1. The van der Waals surface area contributed by atoms with Gasteiger partial charge in [0.05, 0.1) is 12.3 Å². The Morgan fingerprint density at radius 3 is 1.96 bits per heavy atom. The molecule has 0 aromatic carbocycles. The van der Waals surface area contributed by atoms with Crippen LogP contribution in [0.25, 0.3) is 0 Å². The minimum absolute atomic E-state index is 0.0383. The maximum Gasteiger partial charge on any atom is 0.179 e. The molecule has 0 radical (unpaired) electrons. The second-order valence-electron chi connectivity index (χ2n) is 7.67. The zero-order valence-corrected chi connectivity index (χ0v) is 17.5. The minimum Gasteiger partial charge on any atom is -0.390 e. The molecule has 3 heteroatoms. The van der Waals surface area contributed by atoms with Crippen molar-refractivity contribution in [2.24, 2.45) is 0 Å². The lowest BCUT2D eigenvalue weighted by atomic mass is 10.0. The number of allylic oxidation sites excluding steroid dienone is 2. The van der Waals surface area contributed by atoms with Crippen LogP contribution in [-0.2, 0) is 6.61 Å². The standard InChI is InChI=1S/C24H41NO2/c1-2-3-4-5-6-7-8-9-10-11-12-13-14-15-16-17-18-24(27)23-20-19-22(21-26)25-23/h5-6,19-20,25-26H,2-4,7-18,21H2,1H3. The summed E-state index contributed by atoms with van der Waals surface area (Å²) in [5, 5.41) is 9.01. The molecular weight excluding hydrogens is 334 g/mol. The summed E-state index contributed by atoms with van der Waals surface area (Å²) in [6, 6.07) is 3.55. The Balaban J connectivity index is 1.82. The van der Waals surface area contributed by atoms with Crippen LogP contribution in [0.15, 0.2) is 24.3 Å². The average Bonchev–Trinajstić information content (AvgIpc) is 3.17. The van der Waals surface area contributed by atoms with Crippen molar-refractivity contribution in [2.75, 3.05) is 0 Å². The van der Waals surface area contributed by atoms with Crippen LogP contribution in [0.4, 0.5) is 0 Å². The van der Waals surface area contributed by atoms with Crippen molar-refractivity contribution in [1.29, 1.82) is 0 Å². The van der Waals surface area contributed by atoms with Crippen LogP contribution in [0.1, 0.15) is 119 Å². The molecule has 2 N–H and O–H groups in total. The van der Waals surface area contributed by atoms with Crippen molar-refractivity contribution in [1.82, 2.24) is 4.98 Å². The predicted octanol–water partition coefficient (Wildman–Crippen LogP) is 7.12. The summed E-state index contributed by atoms with van der Waals surface area (Å²) >= 11 is 0. The number of hydrogen-bond donors (Lipinski definition) is 2. The van der Waals surface area contributed by atoms with E-state index in [1.54, 1.807) is 12.1 Å². The van der Waals surface area contributed by atoms with Crippen molar-refractivity contribution >= 4 is 5.78 Å². The number of aromatic nitrogens is 1. The Kier molecular flexibility index (Phi) is 14.7. The van der Waals surface area contributed by atoms with Crippen molar-refractivity contribution in [2.45, 2.75) is 110 Å². The third kappa shape index (κ3) is 12.6. The number of aliphatic hydroxyl groups is 1. The molecule has 1 heterocycles. The van der Waals surface area contributed by atoms with Gasteiger partial charge in [-0.15, -0.1) is 0 Å². The summed E-state index contributed by atoms with van der Waals surface area (Å²) in [5.41, 5.74) is 1.34. The fourth-order valence-corrected chi connectivity index (χ4v) is 3.35. The Labute approximate surface area is 166 Å². The molecule has 0 saturated heterocycles. The summed E-state index contributed by atoms with van der Waals surface area (Å²) in [6.45, 7) is 2.21. The van der Waals surface area contributed by atoms with Gasteiger partial charge in [0.1, 0.15) is 0 Å². The highest BCUT2D eigenvalue weighted by Gasteiger charge is 2.07. The first-order chi connectivity index (χ1) is 13.3. The summed E-state index contributed by atoms with van der Waals surface area (Å²) in [7, 11) is 0. The summed E-state index contributed by atoms with van der Waals surface area (Å²) in [5.74, 6) is 0.162. The van der Waals surface area contributed by atoms with Gasteiger partial charge in [0.2, 0.25) is 0 Å². The maximum atomic E-state index is 12.0. The molecule has 0 aliphatic carbocycles. The number of carbonyl (C=O) groups is 1. The van der Waals surface area contributed by atoms with Crippen LogP contribution in [-0.4, -0.2) is 15.9 Å². The lowest BCUT2D eigenvalue weighted by Gasteiger charge is -2.02. The van der Waals surface area contributed by atoms with E-state index in [1.165, 1.54) is 77.0 Å². The first-order valence-electron chi connectivity index (χ1n) is 11.2. The number of aliphatic hydroxyl groups excluding tert-OH is 1. The van der Waals surface area contributed by atoms with Gasteiger partial charge >= 0.3 is 0 Å². The number of hydrogen-bond acceptors (Lipinski definition) is 2. The second-order valence-corrected chi connectivity index (χ2v) is 7.67. The first kappa shape index (κ1) is 23.7. The number of H-pyrrole nitrogens is 1. The summed E-state index contributed by atoms with van der Waals surface area (Å²) in [6.07, 6.45) is 23.3. The monoisotopic (exact) mass is 375 g/mol. The van der Waals surface area contributed by atoms with Crippen LogP contribution in [0, 0.1) is 0 Å². The Bertz CT molecular complexity index is 504. The number of Topliss-reactive ketones (excluding diaryl/α,β-unsaturated/α-hetero) is 1. The maximum absolute atomic E-state index is 12.0. The van der Waals surface area contributed by atoms with E-state index in [0.29, 0.717) is 17.8 Å². The third-order valence-corrected chi connectivity index (χ3v) is 5.13. The van der Waals surface area contributed by atoms with Crippen LogP contribution in [0.3, 0.4) is 0 Å². The first-order valence-corrected chi connectivity index (χ1v) is 11.2. The topological polar surface area (TPSA) is 53.1 Å². The molecule has 0 fully saturated rings. The molecular formula is C24H41NO2. The number of carbonyl (C=O) groups excluding carboxylic acids is 1. The number of unbranched alkanes of at least 4 members (excludes halogenated alkanes) is 12. The van der Waals surface area contributed by atoms with Gasteiger partial charge in [-0.2, -0.15) is 0 Å². The Morgan fingerprint density at radius 2 is 1.41 bits per heavy atom. The molecule has 0 atom stereocenters. The molecule has 0 saturated carbocycles. The van der Waals surface area contributed by atoms with Gasteiger partial charge in [0.15, 0.2) is 5.78 Å². The van der Waals surface area contributed by atoms with E-state index in [1.807, 2.05) is 0 Å². The van der Waals surface area contributed by atoms with E-state index in [9.17, 15) is 4.79 Å². The highest BCUT2D eigenvalue weighted by molar-refractivity contribution is 5.94. The Hall–Kier alpha value is -1.35. The van der Waals surface area contributed by atoms with Gasteiger partial charge in [0, 0.05) is 12.1 Å². The van der Waals surface area contributed by atoms with E-state index in [0.717, 1.165) is 12.8 Å². The fraction of sp³-hybridized carbons (Fsp3) is 0.708. The molecule has 0 spiro atoms. The molecule has 27 heavy (non-hydrogen) atoms. The summed E-state index contributed by atoms with van der Waals surface area (Å²) < 4.78 is 0. The van der Waals surface area contributed by atoms with Gasteiger partial charge < -0.3 is 10.1 Å². The average molecular weight is 376 g/mol.